The molecule has 6 heteroatoms. The van der Waals surface area contributed by atoms with Gasteiger partial charge in [-0.2, -0.15) is 0 Å². The number of rotatable bonds is 3. The van der Waals surface area contributed by atoms with Crippen LogP contribution in [-0.4, -0.2) is 27.4 Å². The quantitative estimate of drug-likeness (QED) is 0.757. The third kappa shape index (κ3) is 2.61. The average Bonchev–Trinajstić information content (AvgIpc) is 2.77. The number of aryl methyl sites for hydroxylation is 1. The van der Waals surface area contributed by atoms with E-state index in [9.17, 15) is 14.7 Å². The first kappa shape index (κ1) is 13.5. The summed E-state index contributed by atoms with van der Waals surface area (Å²) < 4.78 is 6.97. The molecule has 1 fully saturated rings. The second-order valence-corrected chi connectivity index (χ2v) is 4.56. The van der Waals surface area contributed by atoms with Gasteiger partial charge >= 0.3 is 5.69 Å². The van der Waals surface area contributed by atoms with Crippen LogP contribution in [0.4, 0.5) is 0 Å². The summed E-state index contributed by atoms with van der Waals surface area (Å²) >= 11 is 0. The summed E-state index contributed by atoms with van der Waals surface area (Å²) in [5, 5.41) is 9.26. The van der Waals surface area contributed by atoms with E-state index in [4.69, 9.17) is 4.74 Å². The molecule has 2 rings (SSSR count). The van der Waals surface area contributed by atoms with Crippen molar-refractivity contribution in [3.05, 3.63) is 51.0 Å². The Balaban J connectivity index is 2.34. The number of aromatic amines is 1. The van der Waals surface area contributed by atoms with E-state index in [-0.39, 0.29) is 12.5 Å². The molecular formula is C13H16N2O4. The minimum atomic E-state index is -0.513. The first-order valence-electron chi connectivity index (χ1n) is 6.01. The van der Waals surface area contributed by atoms with Crippen molar-refractivity contribution in [2.24, 2.45) is 5.92 Å². The van der Waals surface area contributed by atoms with Crippen LogP contribution in [0, 0.1) is 12.8 Å². The number of hydrogen-bond acceptors (Lipinski definition) is 4. The monoisotopic (exact) mass is 264 g/mol. The fourth-order valence-electron chi connectivity index (χ4n) is 2.23. The number of aliphatic hydroxyl groups is 1. The fourth-order valence-corrected chi connectivity index (χ4v) is 2.23. The Labute approximate surface area is 109 Å². The molecule has 1 aliphatic heterocycles. The molecule has 0 radical (unpaired) electrons. The smallest absolute Gasteiger partial charge is 0.330 e. The molecule has 0 aromatic carbocycles. The molecule has 0 aliphatic carbocycles. The maximum atomic E-state index is 11.8. The van der Waals surface area contributed by atoms with E-state index in [0.717, 1.165) is 0 Å². The van der Waals surface area contributed by atoms with Crippen LogP contribution in [0.25, 0.3) is 0 Å². The van der Waals surface area contributed by atoms with Crippen molar-refractivity contribution >= 4 is 0 Å². The minimum Gasteiger partial charge on any atom is -0.394 e. The molecule has 0 bridgehead atoms. The SMILES string of the molecule is C=C=C[C@H]1C[C@H](n2cc(C)c(=O)[nH]c2=O)O[C@@H]1CO. The number of H-pyrrole nitrogens is 1. The Bertz CT molecular complexity index is 624. The van der Waals surface area contributed by atoms with E-state index in [1.807, 2.05) is 0 Å². The Kier molecular flexibility index (Phi) is 3.85. The molecule has 2 heterocycles. The van der Waals surface area contributed by atoms with Gasteiger partial charge in [0.05, 0.1) is 12.7 Å². The lowest BCUT2D eigenvalue weighted by atomic mass is 10.0. The predicted molar refractivity (Wildman–Crippen MR) is 68.9 cm³/mol. The predicted octanol–water partition coefficient (Wildman–Crippen LogP) is 0.0821. The summed E-state index contributed by atoms with van der Waals surface area (Å²) in [6.45, 7) is 4.98. The molecular weight excluding hydrogens is 248 g/mol. The van der Waals surface area contributed by atoms with Crippen molar-refractivity contribution in [3.8, 4) is 0 Å². The maximum Gasteiger partial charge on any atom is 0.330 e. The van der Waals surface area contributed by atoms with Gasteiger partial charge in [-0.05, 0) is 13.0 Å². The van der Waals surface area contributed by atoms with Crippen LogP contribution in [0.5, 0.6) is 0 Å². The van der Waals surface area contributed by atoms with Gasteiger partial charge in [-0.1, -0.05) is 6.58 Å². The van der Waals surface area contributed by atoms with Crippen LogP contribution < -0.4 is 11.2 Å². The zero-order valence-corrected chi connectivity index (χ0v) is 10.6. The van der Waals surface area contributed by atoms with E-state index in [0.29, 0.717) is 12.0 Å². The molecule has 1 saturated heterocycles. The van der Waals surface area contributed by atoms with Gasteiger partial charge in [0, 0.05) is 24.1 Å². The van der Waals surface area contributed by atoms with Gasteiger partial charge in [-0.3, -0.25) is 14.3 Å². The van der Waals surface area contributed by atoms with E-state index in [2.05, 4.69) is 17.3 Å². The van der Waals surface area contributed by atoms with E-state index < -0.39 is 23.6 Å². The van der Waals surface area contributed by atoms with Crippen LogP contribution in [-0.2, 0) is 4.74 Å². The molecule has 0 amide bonds. The van der Waals surface area contributed by atoms with E-state index in [1.165, 1.54) is 10.8 Å². The van der Waals surface area contributed by atoms with Crippen LogP contribution >= 0.6 is 0 Å². The van der Waals surface area contributed by atoms with Crippen LogP contribution in [0.2, 0.25) is 0 Å². The second kappa shape index (κ2) is 5.40. The van der Waals surface area contributed by atoms with Gasteiger partial charge in [0.1, 0.15) is 6.23 Å². The van der Waals surface area contributed by atoms with Crippen molar-refractivity contribution in [1.29, 1.82) is 0 Å². The number of ether oxygens (including phenoxy) is 1. The van der Waals surface area contributed by atoms with Crippen molar-refractivity contribution in [2.75, 3.05) is 6.61 Å². The van der Waals surface area contributed by atoms with Crippen LogP contribution in [0.1, 0.15) is 18.2 Å². The first-order valence-corrected chi connectivity index (χ1v) is 6.01. The highest BCUT2D eigenvalue weighted by Gasteiger charge is 2.34. The second-order valence-electron chi connectivity index (χ2n) is 4.56. The summed E-state index contributed by atoms with van der Waals surface area (Å²) in [7, 11) is 0. The lowest BCUT2D eigenvalue weighted by Crippen LogP contribution is -2.33. The number of nitrogens with zero attached hydrogens (tertiary/aromatic N) is 1. The molecule has 1 aromatic heterocycles. The largest absolute Gasteiger partial charge is 0.394 e. The lowest BCUT2D eigenvalue weighted by molar-refractivity contribution is -0.0295. The number of hydrogen-bond donors (Lipinski definition) is 2. The van der Waals surface area contributed by atoms with Gasteiger partial charge in [-0.15, -0.1) is 5.73 Å². The summed E-state index contributed by atoms with van der Waals surface area (Å²) in [5.74, 6) is -0.0494. The van der Waals surface area contributed by atoms with Gasteiger partial charge in [-0.25, -0.2) is 4.79 Å². The highest BCUT2D eigenvalue weighted by molar-refractivity contribution is 5.03. The standard InChI is InChI=1S/C13H16N2O4/c1-3-4-9-5-11(19-10(9)7-16)15-6-8(2)12(17)14-13(15)18/h4,6,9-11,16H,1,5,7H2,2H3,(H,14,17,18)/t9-,10+,11+/m0/s1. The van der Waals surface area contributed by atoms with Gasteiger partial charge < -0.3 is 9.84 Å². The third-order valence-corrected chi connectivity index (χ3v) is 3.25. The number of aromatic nitrogens is 2. The highest BCUT2D eigenvalue weighted by Crippen LogP contribution is 2.33. The minimum absolute atomic E-state index is 0.0494. The van der Waals surface area contributed by atoms with Crippen molar-refractivity contribution < 1.29 is 9.84 Å². The van der Waals surface area contributed by atoms with Crippen molar-refractivity contribution in [2.45, 2.75) is 25.7 Å². The molecule has 0 spiro atoms. The summed E-state index contributed by atoms with van der Waals surface area (Å²) in [6.07, 6.45) is 2.83. The summed E-state index contributed by atoms with van der Waals surface area (Å²) in [6, 6.07) is 0. The molecule has 1 aromatic rings. The Morgan fingerprint density at radius 1 is 1.68 bits per heavy atom. The molecule has 1 aliphatic rings. The lowest BCUT2D eigenvalue weighted by Gasteiger charge is -2.14. The first-order chi connectivity index (χ1) is 9.06. The topological polar surface area (TPSA) is 84.3 Å². The van der Waals surface area contributed by atoms with E-state index >= 15 is 0 Å². The van der Waals surface area contributed by atoms with E-state index in [1.54, 1.807) is 13.0 Å². The number of aliphatic hydroxyl groups excluding tert-OH is 1. The fraction of sp³-hybridized carbons (Fsp3) is 0.462. The summed E-state index contributed by atoms with van der Waals surface area (Å²) in [4.78, 5) is 25.3. The van der Waals surface area contributed by atoms with Gasteiger partial charge in [0.25, 0.3) is 5.56 Å². The third-order valence-electron chi connectivity index (χ3n) is 3.25. The average molecular weight is 264 g/mol. The van der Waals surface area contributed by atoms with Crippen molar-refractivity contribution in [3.63, 3.8) is 0 Å². The molecule has 102 valence electrons. The zero-order chi connectivity index (χ0) is 14.0. The van der Waals surface area contributed by atoms with Crippen LogP contribution in [0.3, 0.4) is 0 Å². The Morgan fingerprint density at radius 2 is 2.42 bits per heavy atom. The zero-order valence-electron chi connectivity index (χ0n) is 10.6. The molecule has 3 atom stereocenters. The molecule has 2 N–H and O–H groups in total. The molecule has 0 unspecified atom stereocenters. The molecule has 6 nitrogen and oxygen atoms in total. The maximum absolute atomic E-state index is 11.8. The van der Waals surface area contributed by atoms with Gasteiger partial charge in [0.15, 0.2) is 0 Å². The number of nitrogens with one attached hydrogen (secondary N) is 1. The Morgan fingerprint density at radius 3 is 3.05 bits per heavy atom. The van der Waals surface area contributed by atoms with Gasteiger partial charge in [0.2, 0.25) is 0 Å². The Hall–Kier alpha value is -1.88. The molecule has 19 heavy (non-hydrogen) atoms. The summed E-state index contributed by atoms with van der Waals surface area (Å²) in [5.41, 5.74) is 2.19. The highest BCUT2D eigenvalue weighted by atomic mass is 16.5. The normalized spacial score (nSPS) is 26.1. The molecule has 0 saturated carbocycles. The van der Waals surface area contributed by atoms with Crippen molar-refractivity contribution in [1.82, 2.24) is 9.55 Å². The van der Waals surface area contributed by atoms with Crippen LogP contribution in [0.15, 0.2) is 34.2 Å².